The first-order valence-corrected chi connectivity index (χ1v) is 5.41. The zero-order valence-electron chi connectivity index (χ0n) is 8.84. The van der Waals surface area contributed by atoms with Gasteiger partial charge in [-0.1, -0.05) is 20.3 Å². The lowest BCUT2D eigenvalue weighted by Gasteiger charge is -2.35. The minimum Gasteiger partial charge on any atom is -0.306 e. The van der Waals surface area contributed by atoms with E-state index in [-0.39, 0.29) is 0 Å². The summed E-state index contributed by atoms with van der Waals surface area (Å²) in [7, 11) is 2.26. The Labute approximate surface area is 77.1 Å². The zero-order valence-corrected chi connectivity index (χ0v) is 8.84. The van der Waals surface area contributed by atoms with Gasteiger partial charge in [-0.25, -0.2) is 0 Å². The summed E-state index contributed by atoms with van der Waals surface area (Å²) in [6, 6.07) is 0. The second-order valence-corrected chi connectivity index (χ2v) is 4.56. The molecular formula is C11H23N. The van der Waals surface area contributed by atoms with Crippen LogP contribution in [0.1, 0.15) is 39.5 Å². The maximum atomic E-state index is 2.50. The third-order valence-electron chi connectivity index (χ3n) is 2.93. The summed E-state index contributed by atoms with van der Waals surface area (Å²) in [5, 5.41) is 0. The second kappa shape index (κ2) is 4.86. The third kappa shape index (κ3) is 3.14. The molecular weight excluding hydrogens is 146 g/mol. The van der Waals surface area contributed by atoms with E-state index in [2.05, 4.69) is 25.8 Å². The normalized spacial score (nSPS) is 29.0. The third-order valence-corrected chi connectivity index (χ3v) is 2.93. The molecule has 0 amide bonds. The smallest absolute Gasteiger partial charge is 0.000681 e. The first kappa shape index (κ1) is 10.0. The Morgan fingerprint density at radius 3 is 2.50 bits per heavy atom. The number of hydrogen-bond acceptors (Lipinski definition) is 1. The van der Waals surface area contributed by atoms with E-state index in [1.165, 1.54) is 38.8 Å². The Morgan fingerprint density at radius 1 is 1.33 bits per heavy atom. The Bertz CT molecular complexity index is 116. The molecule has 0 aromatic rings. The quantitative estimate of drug-likeness (QED) is 0.611. The summed E-state index contributed by atoms with van der Waals surface area (Å²) >= 11 is 0. The van der Waals surface area contributed by atoms with E-state index in [1.54, 1.807) is 0 Å². The Balaban J connectivity index is 1.98. The van der Waals surface area contributed by atoms with E-state index in [9.17, 15) is 0 Å². The minimum absolute atomic E-state index is 1.01. The van der Waals surface area contributed by atoms with Gasteiger partial charge in [-0.3, -0.25) is 0 Å². The fourth-order valence-corrected chi connectivity index (χ4v) is 2.18. The standard InChI is InChI=1S/C11H23N/c1-4-5-6-12(3)9-11-7-10(2)8-11/h10-11H,4-9H2,1-3H3. The number of unbranched alkanes of at least 4 members (excludes halogenated alkanes) is 1. The van der Waals surface area contributed by atoms with Gasteiger partial charge in [-0.15, -0.1) is 0 Å². The van der Waals surface area contributed by atoms with Gasteiger partial charge in [0.25, 0.3) is 0 Å². The molecule has 1 saturated carbocycles. The molecule has 1 aliphatic rings. The maximum absolute atomic E-state index is 2.50. The summed E-state index contributed by atoms with van der Waals surface area (Å²) in [4.78, 5) is 2.50. The highest BCUT2D eigenvalue weighted by Gasteiger charge is 2.25. The minimum atomic E-state index is 1.01. The van der Waals surface area contributed by atoms with Crippen molar-refractivity contribution in [3.63, 3.8) is 0 Å². The number of hydrogen-bond donors (Lipinski definition) is 0. The number of nitrogens with zero attached hydrogens (tertiary/aromatic N) is 1. The predicted octanol–water partition coefficient (Wildman–Crippen LogP) is 2.76. The molecule has 0 aromatic heterocycles. The van der Waals surface area contributed by atoms with Gasteiger partial charge in [0.2, 0.25) is 0 Å². The van der Waals surface area contributed by atoms with Crippen molar-refractivity contribution in [2.75, 3.05) is 20.1 Å². The zero-order chi connectivity index (χ0) is 8.97. The predicted molar refractivity (Wildman–Crippen MR) is 54.3 cm³/mol. The van der Waals surface area contributed by atoms with Crippen molar-refractivity contribution in [1.29, 1.82) is 0 Å². The first-order chi connectivity index (χ1) is 5.72. The van der Waals surface area contributed by atoms with E-state index in [1.807, 2.05) is 0 Å². The largest absolute Gasteiger partial charge is 0.306 e. The molecule has 0 spiro atoms. The van der Waals surface area contributed by atoms with Crippen LogP contribution in [0, 0.1) is 11.8 Å². The Hall–Kier alpha value is -0.0400. The molecule has 0 N–H and O–H groups in total. The van der Waals surface area contributed by atoms with E-state index in [4.69, 9.17) is 0 Å². The van der Waals surface area contributed by atoms with Gasteiger partial charge in [-0.05, 0) is 44.7 Å². The lowest BCUT2D eigenvalue weighted by Crippen LogP contribution is -2.33. The summed E-state index contributed by atoms with van der Waals surface area (Å²) in [5.74, 6) is 2.02. The van der Waals surface area contributed by atoms with Gasteiger partial charge in [-0.2, -0.15) is 0 Å². The first-order valence-electron chi connectivity index (χ1n) is 5.41. The summed E-state index contributed by atoms with van der Waals surface area (Å²) < 4.78 is 0. The van der Waals surface area contributed by atoms with Crippen LogP contribution < -0.4 is 0 Å². The lowest BCUT2D eigenvalue weighted by atomic mass is 9.76. The van der Waals surface area contributed by atoms with Crippen molar-refractivity contribution >= 4 is 0 Å². The topological polar surface area (TPSA) is 3.24 Å². The highest BCUT2D eigenvalue weighted by Crippen LogP contribution is 2.33. The molecule has 1 rings (SSSR count). The van der Waals surface area contributed by atoms with Crippen LogP contribution >= 0.6 is 0 Å². The number of rotatable bonds is 5. The maximum Gasteiger partial charge on any atom is 0.000681 e. The molecule has 0 heterocycles. The molecule has 1 fully saturated rings. The molecule has 0 atom stereocenters. The molecule has 0 unspecified atom stereocenters. The van der Waals surface area contributed by atoms with Gasteiger partial charge in [0.05, 0.1) is 0 Å². The van der Waals surface area contributed by atoms with Gasteiger partial charge < -0.3 is 4.90 Å². The SMILES string of the molecule is CCCCN(C)CC1CC(C)C1. The van der Waals surface area contributed by atoms with Crippen molar-refractivity contribution in [2.45, 2.75) is 39.5 Å². The van der Waals surface area contributed by atoms with Crippen LogP contribution in [0.15, 0.2) is 0 Å². The van der Waals surface area contributed by atoms with Crippen LogP contribution in [0.2, 0.25) is 0 Å². The van der Waals surface area contributed by atoms with Crippen molar-refractivity contribution in [1.82, 2.24) is 4.90 Å². The van der Waals surface area contributed by atoms with Crippen molar-refractivity contribution in [3.05, 3.63) is 0 Å². The van der Waals surface area contributed by atoms with Crippen LogP contribution in [-0.2, 0) is 0 Å². The van der Waals surface area contributed by atoms with Gasteiger partial charge in [0.15, 0.2) is 0 Å². The van der Waals surface area contributed by atoms with Crippen molar-refractivity contribution in [2.24, 2.45) is 11.8 Å². The van der Waals surface area contributed by atoms with E-state index >= 15 is 0 Å². The molecule has 72 valence electrons. The molecule has 0 aromatic carbocycles. The van der Waals surface area contributed by atoms with Crippen molar-refractivity contribution in [3.8, 4) is 0 Å². The average molecular weight is 169 g/mol. The van der Waals surface area contributed by atoms with Crippen LogP contribution in [0.5, 0.6) is 0 Å². The highest BCUT2D eigenvalue weighted by molar-refractivity contribution is 4.78. The van der Waals surface area contributed by atoms with Crippen LogP contribution in [-0.4, -0.2) is 25.0 Å². The van der Waals surface area contributed by atoms with Gasteiger partial charge >= 0.3 is 0 Å². The lowest BCUT2D eigenvalue weighted by molar-refractivity contribution is 0.150. The van der Waals surface area contributed by atoms with Crippen LogP contribution in [0.25, 0.3) is 0 Å². The highest BCUT2D eigenvalue weighted by atomic mass is 15.1. The van der Waals surface area contributed by atoms with Crippen LogP contribution in [0.3, 0.4) is 0 Å². The van der Waals surface area contributed by atoms with Crippen molar-refractivity contribution < 1.29 is 0 Å². The molecule has 0 aliphatic heterocycles. The summed E-state index contributed by atoms with van der Waals surface area (Å²) in [6.07, 6.45) is 5.62. The average Bonchev–Trinajstić information content (AvgIpc) is 1.98. The Kier molecular flexibility index (Phi) is 4.07. The Morgan fingerprint density at radius 2 is 2.00 bits per heavy atom. The monoisotopic (exact) mass is 169 g/mol. The van der Waals surface area contributed by atoms with Gasteiger partial charge in [0, 0.05) is 6.54 Å². The fourth-order valence-electron chi connectivity index (χ4n) is 2.18. The van der Waals surface area contributed by atoms with E-state index in [0.29, 0.717) is 0 Å². The molecule has 0 saturated heterocycles. The molecule has 1 aliphatic carbocycles. The summed E-state index contributed by atoms with van der Waals surface area (Å²) in [5.41, 5.74) is 0. The molecule has 1 heteroatoms. The molecule has 12 heavy (non-hydrogen) atoms. The van der Waals surface area contributed by atoms with E-state index < -0.39 is 0 Å². The summed E-state index contributed by atoms with van der Waals surface area (Å²) in [6.45, 7) is 7.26. The van der Waals surface area contributed by atoms with E-state index in [0.717, 1.165) is 11.8 Å². The fraction of sp³-hybridized carbons (Fsp3) is 1.00. The second-order valence-electron chi connectivity index (χ2n) is 4.56. The molecule has 0 radical (unpaired) electrons. The van der Waals surface area contributed by atoms with Gasteiger partial charge in [0.1, 0.15) is 0 Å². The molecule has 1 nitrogen and oxygen atoms in total. The molecule has 0 bridgehead atoms. The van der Waals surface area contributed by atoms with Crippen LogP contribution in [0.4, 0.5) is 0 Å².